The van der Waals surface area contributed by atoms with E-state index in [9.17, 15) is 9.59 Å². The topological polar surface area (TPSA) is 78.1 Å². The second-order valence-corrected chi connectivity index (χ2v) is 6.02. The molecular weight excluding hydrogens is 320 g/mol. The Hall–Kier alpha value is -2.93. The van der Waals surface area contributed by atoms with Crippen molar-refractivity contribution in [2.75, 3.05) is 20.2 Å². The number of hydrogen-bond acceptors (Lipinski definition) is 5. The second kappa shape index (κ2) is 6.18. The molecule has 3 aromatic rings. The molecule has 1 aromatic carbocycles. The quantitative estimate of drug-likeness (QED) is 0.733. The number of hydrogen-bond donors (Lipinski definition) is 1. The molecule has 7 heteroatoms. The average Bonchev–Trinajstić information content (AvgIpc) is 3.26. The molecule has 128 valence electrons. The van der Waals surface area contributed by atoms with Crippen molar-refractivity contribution < 1.29 is 9.53 Å². The Labute approximate surface area is 143 Å². The molecule has 0 unspecified atom stereocenters. The third-order valence-corrected chi connectivity index (χ3v) is 4.58. The molecule has 1 N–H and O–H groups in total. The van der Waals surface area contributed by atoms with Gasteiger partial charge in [0.2, 0.25) is 0 Å². The summed E-state index contributed by atoms with van der Waals surface area (Å²) in [5.41, 5.74) is 2.46. The van der Waals surface area contributed by atoms with E-state index in [1.165, 1.54) is 7.11 Å². The third kappa shape index (κ3) is 2.53. The normalized spacial score (nSPS) is 17.1. The van der Waals surface area contributed by atoms with Crippen LogP contribution >= 0.6 is 0 Å². The maximum Gasteiger partial charge on any atom is 0.337 e. The van der Waals surface area contributed by atoms with Crippen molar-refractivity contribution in [2.24, 2.45) is 0 Å². The number of nitrogens with zero attached hydrogens (tertiary/aromatic N) is 3. The van der Waals surface area contributed by atoms with Crippen molar-refractivity contribution in [2.45, 2.75) is 12.5 Å². The van der Waals surface area contributed by atoms with Gasteiger partial charge in [-0.3, -0.25) is 9.13 Å². The molecule has 2 aromatic heterocycles. The van der Waals surface area contributed by atoms with Gasteiger partial charge in [-0.25, -0.2) is 14.6 Å². The van der Waals surface area contributed by atoms with Gasteiger partial charge >= 0.3 is 11.7 Å². The summed E-state index contributed by atoms with van der Waals surface area (Å²) in [6.45, 7) is 1.65. The van der Waals surface area contributed by atoms with Crippen molar-refractivity contribution in [3.05, 3.63) is 58.6 Å². The van der Waals surface area contributed by atoms with Crippen LogP contribution in [-0.4, -0.2) is 40.3 Å². The van der Waals surface area contributed by atoms with Crippen LogP contribution in [-0.2, 0) is 4.74 Å². The molecule has 4 rings (SSSR count). The molecule has 7 nitrogen and oxygen atoms in total. The van der Waals surface area contributed by atoms with Gasteiger partial charge in [-0.05, 0) is 49.4 Å². The summed E-state index contributed by atoms with van der Waals surface area (Å²) in [6, 6.07) is 10.6. The van der Waals surface area contributed by atoms with Crippen LogP contribution < -0.4 is 11.0 Å². The first-order valence-electron chi connectivity index (χ1n) is 8.18. The standard InChI is InChI=1S/C18H18N4O3/c1-25-17(23)12-4-6-13(7-5-12)21-15-3-2-9-20-16(15)22(18(21)24)14-8-10-19-11-14/h2-7,9,14,19H,8,10-11H2,1H3/t14-/m0/s1. The molecule has 0 amide bonds. The van der Waals surface area contributed by atoms with E-state index in [0.717, 1.165) is 25.0 Å². The van der Waals surface area contributed by atoms with Gasteiger partial charge in [0.05, 0.1) is 29.9 Å². The molecule has 1 aliphatic rings. The number of pyridine rings is 1. The number of nitrogens with one attached hydrogen (secondary N) is 1. The number of benzene rings is 1. The lowest BCUT2D eigenvalue weighted by molar-refractivity contribution is 0.0601. The van der Waals surface area contributed by atoms with Gasteiger partial charge in [-0.2, -0.15) is 0 Å². The lowest BCUT2D eigenvalue weighted by Gasteiger charge is -2.09. The highest BCUT2D eigenvalue weighted by molar-refractivity contribution is 5.89. The number of methoxy groups -OCH3 is 1. The fourth-order valence-corrected chi connectivity index (χ4v) is 3.35. The van der Waals surface area contributed by atoms with E-state index >= 15 is 0 Å². The highest BCUT2D eigenvalue weighted by Gasteiger charge is 2.24. The summed E-state index contributed by atoms with van der Waals surface area (Å²) >= 11 is 0. The van der Waals surface area contributed by atoms with Crippen LogP contribution in [0.3, 0.4) is 0 Å². The number of rotatable bonds is 3. The summed E-state index contributed by atoms with van der Waals surface area (Å²) < 4.78 is 8.13. The lowest BCUT2D eigenvalue weighted by Crippen LogP contribution is -2.28. The Morgan fingerprint density at radius 2 is 2.08 bits per heavy atom. The third-order valence-electron chi connectivity index (χ3n) is 4.58. The summed E-state index contributed by atoms with van der Waals surface area (Å²) in [6.07, 6.45) is 2.60. The number of carbonyl (C=O) groups excluding carboxylic acids is 1. The van der Waals surface area contributed by atoms with Crippen molar-refractivity contribution in [1.82, 2.24) is 19.4 Å². The lowest BCUT2D eigenvalue weighted by atomic mass is 10.2. The Morgan fingerprint density at radius 1 is 1.28 bits per heavy atom. The number of esters is 1. The minimum Gasteiger partial charge on any atom is -0.465 e. The molecular formula is C18H18N4O3. The van der Waals surface area contributed by atoms with Gasteiger partial charge < -0.3 is 10.1 Å². The van der Waals surface area contributed by atoms with Crippen molar-refractivity contribution in [3.8, 4) is 5.69 Å². The highest BCUT2D eigenvalue weighted by Crippen LogP contribution is 2.22. The molecule has 1 atom stereocenters. The molecule has 0 spiro atoms. The first-order valence-corrected chi connectivity index (χ1v) is 8.18. The number of carbonyl (C=O) groups is 1. The summed E-state index contributed by atoms with van der Waals surface area (Å²) in [7, 11) is 1.34. The molecule has 0 aliphatic carbocycles. The first-order chi connectivity index (χ1) is 12.2. The zero-order chi connectivity index (χ0) is 17.4. The van der Waals surface area contributed by atoms with Crippen LogP contribution in [0.1, 0.15) is 22.8 Å². The van der Waals surface area contributed by atoms with E-state index in [0.29, 0.717) is 16.9 Å². The minimum atomic E-state index is -0.403. The van der Waals surface area contributed by atoms with Crippen LogP contribution in [0.5, 0.6) is 0 Å². The molecule has 1 aliphatic heterocycles. The number of ether oxygens (including phenoxy) is 1. The van der Waals surface area contributed by atoms with E-state index in [-0.39, 0.29) is 11.7 Å². The van der Waals surface area contributed by atoms with Crippen LogP contribution in [0.15, 0.2) is 47.4 Å². The van der Waals surface area contributed by atoms with E-state index in [2.05, 4.69) is 10.3 Å². The minimum absolute atomic E-state index is 0.0977. The van der Waals surface area contributed by atoms with Crippen LogP contribution in [0.2, 0.25) is 0 Å². The van der Waals surface area contributed by atoms with E-state index in [1.807, 2.05) is 12.1 Å². The summed E-state index contributed by atoms with van der Waals surface area (Å²) in [4.78, 5) is 29.2. The van der Waals surface area contributed by atoms with Crippen LogP contribution in [0.4, 0.5) is 0 Å². The SMILES string of the molecule is COC(=O)c1ccc(-n2c(=O)n([C@H]3CCNC3)c3ncccc32)cc1. The smallest absolute Gasteiger partial charge is 0.337 e. The van der Waals surface area contributed by atoms with Crippen molar-refractivity contribution in [1.29, 1.82) is 0 Å². The van der Waals surface area contributed by atoms with Crippen LogP contribution in [0, 0.1) is 0 Å². The van der Waals surface area contributed by atoms with Gasteiger partial charge in [-0.15, -0.1) is 0 Å². The number of imidazole rings is 1. The summed E-state index contributed by atoms with van der Waals surface area (Å²) in [5, 5.41) is 3.29. The average molecular weight is 338 g/mol. The zero-order valence-electron chi connectivity index (χ0n) is 13.8. The Bertz CT molecular complexity index is 982. The molecule has 3 heterocycles. The van der Waals surface area contributed by atoms with Crippen molar-refractivity contribution >= 4 is 17.1 Å². The zero-order valence-corrected chi connectivity index (χ0v) is 13.8. The second-order valence-electron chi connectivity index (χ2n) is 6.02. The van der Waals surface area contributed by atoms with Crippen molar-refractivity contribution in [3.63, 3.8) is 0 Å². The number of aromatic nitrogens is 3. The van der Waals surface area contributed by atoms with Gasteiger partial charge in [0, 0.05) is 12.7 Å². The Balaban J connectivity index is 1.89. The molecule has 1 fully saturated rings. The first kappa shape index (κ1) is 15.6. The predicted molar refractivity (Wildman–Crippen MR) is 93.2 cm³/mol. The van der Waals surface area contributed by atoms with Gasteiger partial charge in [0.1, 0.15) is 0 Å². The molecule has 0 saturated carbocycles. The molecule has 1 saturated heterocycles. The van der Waals surface area contributed by atoms with Crippen LogP contribution in [0.25, 0.3) is 16.9 Å². The van der Waals surface area contributed by atoms with Gasteiger partial charge in [0.15, 0.2) is 5.65 Å². The Kier molecular flexibility index (Phi) is 3.85. The fraction of sp³-hybridized carbons (Fsp3) is 0.278. The predicted octanol–water partition coefficient (Wildman–Crippen LogP) is 1.51. The monoisotopic (exact) mass is 338 g/mol. The van der Waals surface area contributed by atoms with Gasteiger partial charge in [0.25, 0.3) is 0 Å². The maximum absolute atomic E-state index is 13.1. The number of fused-ring (bicyclic) bond motifs is 1. The summed E-state index contributed by atoms with van der Waals surface area (Å²) in [5.74, 6) is -0.403. The largest absolute Gasteiger partial charge is 0.465 e. The highest BCUT2D eigenvalue weighted by atomic mass is 16.5. The molecule has 25 heavy (non-hydrogen) atoms. The maximum atomic E-state index is 13.1. The van der Waals surface area contributed by atoms with Gasteiger partial charge in [-0.1, -0.05) is 0 Å². The van der Waals surface area contributed by atoms with E-state index in [4.69, 9.17) is 4.74 Å². The Morgan fingerprint density at radius 3 is 2.76 bits per heavy atom. The van der Waals surface area contributed by atoms with E-state index < -0.39 is 5.97 Å². The fourth-order valence-electron chi connectivity index (χ4n) is 3.35. The van der Waals surface area contributed by atoms with E-state index in [1.54, 1.807) is 39.6 Å². The molecule has 0 bridgehead atoms. The molecule has 0 radical (unpaired) electrons.